The summed E-state index contributed by atoms with van der Waals surface area (Å²) >= 11 is 0. The van der Waals surface area contributed by atoms with Crippen molar-refractivity contribution in [3.63, 3.8) is 0 Å². The number of nitrogens with zero attached hydrogens (tertiary/aromatic N) is 7. The van der Waals surface area contributed by atoms with Crippen LogP contribution >= 0.6 is 0 Å². The quantitative estimate of drug-likeness (QED) is 0.703. The summed E-state index contributed by atoms with van der Waals surface area (Å²) in [7, 11) is 3.77. The van der Waals surface area contributed by atoms with Gasteiger partial charge < -0.3 is 9.47 Å². The van der Waals surface area contributed by atoms with Crippen molar-refractivity contribution in [1.29, 1.82) is 0 Å². The number of piperidine rings is 1. The molecule has 3 aromatic heterocycles. The lowest BCUT2D eigenvalue weighted by atomic mass is 9.92. The molecule has 1 amide bonds. The van der Waals surface area contributed by atoms with Crippen LogP contribution in [0.1, 0.15) is 28.9 Å². The number of amides is 1. The smallest absolute Gasteiger partial charge is 0.257 e. The normalized spacial score (nSPS) is 15.3. The fourth-order valence-corrected chi connectivity index (χ4v) is 3.58. The van der Waals surface area contributed by atoms with Gasteiger partial charge in [-0.05, 0) is 25.2 Å². The van der Waals surface area contributed by atoms with E-state index < -0.39 is 0 Å². The van der Waals surface area contributed by atoms with Gasteiger partial charge in [0, 0.05) is 39.6 Å². The number of carbonyl (C=O) groups is 1. The van der Waals surface area contributed by atoms with Crippen LogP contribution in [-0.4, -0.2) is 53.2 Å². The molecule has 140 valence electrons. The first-order chi connectivity index (χ1) is 13.1. The Labute approximate surface area is 157 Å². The molecule has 3 aromatic rings. The first-order valence-electron chi connectivity index (χ1n) is 9.15. The molecule has 8 heteroatoms. The highest BCUT2D eigenvalue weighted by atomic mass is 16.2. The van der Waals surface area contributed by atoms with Crippen molar-refractivity contribution in [1.82, 2.24) is 34.2 Å². The molecule has 1 saturated heterocycles. The minimum Gasteiger partial charge on any atom is -0.339 e. The van der Waals surface area contributed by atoms with E-state index in [9.17, 15) is 4.79 Å². The topological polar surface area (TPSA) is 81.7 Å². The summed E-state index contributed by atoms with van der Waals surface area (Å²) in [6.07, 6.45) is 13.4. The zero-order valence-corrected chi connectivity index (χ0v) is 15.6. The van der Waals surface area contributed by atoms with Crippen LogP contribution in [0.4, 0.5) is 0 Å². The Kier molecular flexibility index (Phi) is 4.70. The highest BCUT2D eigenvalue weighted by Crippen LogP contribution is 2.23. The van der Waals surface area contributed by atoms with Crippen molar-refractivity contribution in [2.24, 2.45) is 20.0 Å². The average molecular weight is 365 g/mol. The molecule has 0 spiro atoms. The highest BCUT2D eigenvalue weighted by Gasteiger charge is 2.25. The molecule has 1 fully saturated rings. The van der Waals surface area contributed by atoms with Crippen LogP contribution in [0.5, 0.6) is 0 Å². The highest BCUT2D eigenvalue weighted by molar-refractivity contribution is 5.93. The van der Waals surface area contributed by atoms with Gasteiger partial charge in [0.05, 0.1) is 41.9 Å². The van der Waals surface area contributed by atoms with Crippen LogP contribution in [-0.2, 0) is 20.5 Å². The summed E-state index contributed by atoms with van der Waals surface area (Å²) in [5, 5.41) is 4.09. The second kappa shape index (κ2) is 7.30. The molecule has 27 heavy (non-hydrogen) atoms. The van der Waals surface area contributed by atoms with Gasteiger partial charge in [0.25, 0.3) is 5.91 Å². The summed E-state index contributed by atoms with van der Waals surface area (Å²) in [6, 6.07) is 0. The SMILES string of the molecule is Cn1cc(C(=O)N2CCC(Cc3cncc(-c4cncn4C)n3)CC2)cn1. The lowest BCUT2D eigenvalue weighted by molar-refractivity contribution is 0.0690. The fourth-order valence-electron chi connectivity index (χ4n) is 3.58. The summed E-state index contributed by atoms with van der Waals surface area (Å²) in [5.41, 5.74) is 3.45. The third-order valence-electron chi connectivity index (χ3n) is 5.11. The van der Waals surface area contributed by atoms with Gasteiger partial charge in [0.15, 0.2) is 0 Å². The van der Waals surface area contributed by atoms with E-state index in [-0.39, 0.29) is 5.91 Å². The van der Waals surface area contributed by atoms with E-state index in [2.05, 4.69) is 15.1 Å². The van der Waals surface area contributed by atoms with E-state index in [1.165, 1.54) is 0 Å². The van der Waals surface area contributed by atoms with Gasteiger partial charge in [-0.1, -0.05) is 0 Å². The Bertz CT molecular complexity index is 937. The zero-order chi connectivity index (χ0) is 18.8. The van der Waals surface area contributed by atoms with Crippen molar-refractivity contribution >= 4 is 5.91 Å². The molecular formula is C19H23N7O. The fraction of sp³-hybridized carbons (Fsp3) is 0.421. The van der Waals surface area contributed by atoms with Crippen molar-refractivity contribution in [3.05, 3.63) is 48.6 Å². The number of aryl methyl sites for hydroxylation is 2. The maximum absolute atomic E-state index is 12.5. The summed E-state index contributed by atoms with van der Waals surface area (Å²) in [5.74, 6) is 0.582. The first-order valence-corrected chi connectivity index (χ1v) is 9.15. The molecule has 1 aliphatic heterocycles. The first kappa shape index (κ1) is 17.4. The molecular weight excluding hydrogens is 342 g/mol. The molecule has 0 radical (unpaired) electrons. The minimum atomic E-state index is 0.0690. The maximum Gasteiger partial charge on any atom is 0.257 e. The number of aromatic nitrogens is 6. The summed E-state index contributed by atoms with van der Waals surface area (Å²) in [4.78, 5) is 27.7. The molecule has 0 unspecified atom stereocenters. The number of likely N-dealkylation sites (tertiary alicyclic amines) is 1. The summed E-state index contributed by atoms with van der Waals surface area (Å²) < 4.78 is 3.60. The minimum absolute atomic E-state index is 0.0690. The second-order valence-electron chi connectivity index (χ2n) is 7.13. The van der Waals surface area contributed by atoms with Crippen LogP contribution in [0.2, 0.25) is 0 Å². The van der Waals surface area contributed by atoms with E-state index in [1.54, 1.807) is 35.8 Å². The molecule has 4 heterocycles. The third kappa shape index (κ3) is 3.74. The van der Waals surface area contributed by atoms with Gasteiger partial charge in [0.1, 0.15) is 5.69 Å². The Hall–Kier alpha value is -3.03. The largest absolute Gasteiger partial charge is 0.339 e. The maximum atomic E-state index is 12.5. The van der Waals surface area contributed by atoms with Gasteiger partial charge >= 0.3 is 0 Å². The Morgan fingerprint density at radius 3 is 2.59 bits per heavy atom. The standard InChI is InChI=1S/C19H23N7O/c1-24-13-21-11-18(24)17-10-20-9-16(23-17)7-14-3-5-26(6-4-14)19(27)15-8-22-25(2)12-15/h8-14H,3-7H2,1-2H3. The molecule has 0 saturated carbocycles. The van der Waals surface area contributed by atoms with Gasteiger partial charge in [-0.3, -0.25) is 14.5 Å². The van der Waals surface area contributed by atoms with Gasteiger partial charge in [-0.25, -0.2) is 9.97 Å². The molecule has 0 N–H and O–H groups in total. The molecule has 8 nitrogen and oxygen atoms in total. The monoisotopic (exact) mass is 365 g/mol. The molecule has 0 bridgehead atoms. The Balaban J connectivity index is 1.37. The van der Waals surface area contributed by atoms with Crippen LogP contribution in [0.25, 0.3) is 11.4 Å². The molecule has 0 aromatic carbocycles. The number of hydrogen-bond donors (Lipinski definition) is 0. The van der Waals surface area contributed by atoms with Crippen LogP contribution in [0.3, 0.4) is 0 Å². The third-order valence-corrected chi connectivity index (χ3v) is 5.11. The average Bonchev–Trinajstić information content (AvgIpc) is 3.30. The van der Waals surface area contributed by atoms with Crippen LogP contribution < -0.4 is 0 Å². The number of carbonyl (C=O) groups excluding carboxylic acids is 1. The molecule has 0 atom stereocenters. The van der Waals surface area contributed by atoms with E-state index in [0.717, 1.165) is 49.4 Å². The van der Waals surface area contributed by atoms with Gasteiger partial charge in [0.2, 0.25) is 0 Å². The van der Waals surface area contributed by atoms with E-state index in [1.807, 2.05) is 29.8 Å². The summed E-state index contributed by atoms with van der Waals surface area (Å²) in [6.45, 7) is 1.54. The Morgan fingerprint density at radius 2 is 1.93 bits per heavy atom. The zero-order valence-electron chi connectivity index (χ0n) is 15.6. The van der Waals surface area contributed by atoms with Crippen LogP contribution in [0, 0.1) is 5.92 Å². The van der Waals surface area contributed by atoms with Gasteiger partial charge in [-0.15, -0.1) is 0 Å². The number of rotatable bonds is 4. The van der Waals surface area contributed by atoms with E-state index >= 15 is 0 Å². The van der Waals surface area contributed by atoms with Crippen molar-refractivity contribution in [2.75, 3.05) is 13.1 Å². The molecule has 4 rings (SSSR count). The van der Waals surface area contributed by atoms with Crippen molar-refractivity contribution < 1.29 is 4.79 Å². The lowest BCUT2D eigenvalue weighted by Gasteiger charge is -2.31. The van der Waals surface area contributed by atoms with E-state index in [0.29, 0.717) is 11.5 Å². The van der Waals surface area contributed by atoms with Crippen molar-refractivity contribution in [2.45, 2.75) is 19.3 Å². The predicted octanol–water partition coefficient (Wildman–Crippen LogP) is 1.71. The number of hydrogen-bond acceptors (Lipinski definition) is 5. The van der Waals surface area contributed by atoms with E-state index in [4.69, 9.17) is 4.98 Å². The molecule has 0 aliphatic carbocycles. The molecule has 1 aliphatic rings. The van der Waals surface area contributed by atoms with Gasteiger partial charge in [-0.2, -0.15) is 5.10 Å². The second-order valence-corrected chi connectivity index (χ2v) is 7.13. The number of imidazole rings is 1. The van der Waals surface area contributed by atoms with Crippen molar-refractivity contribution in [3.8, 4) is 11.4 Å². The predicted molar refractivity (Wildman–Crippen MR) is 99.8 cm³/mol. The van der Waals surface area contributed by atoms with Crippen LogP contribution in [0.15, 0.2) is 37.3 Å². The lowest BCUT2D eigenvalue weighted by Crippen LogP contribution is -2.38. The Morgan fingerprint density at radius 1 is 1.11 bits per heavy atom.